The molecule has 0 bridgehead atoms. The molecule has 0 radical (unpaired) electrons. The highest BCUT2D eigenvalue weighted by molar-refractivity contribution is 5.39. The lowest BCUT2D eigenvalue weighted by molar-refractivity contribution is -0.141. The van der Waals surface area contributed by atoms with Crippen LogP contribution in [0, 0.1) is 5.95 Å². The second-order valence-corrected chi connectivity index (χ2v) is 2.71. The van der Waals surface area contributed by atoms with Crippen molar-refractivity contribution in [2.24, 2.45) is 0 Å². The first-order chi connectivity index (χ1) is 7.27. The van der Waals surface area contributed by atoms with Gasteiger partial charge in [0.2, 0.25) is 5.95 Å². The summed E-state index contributed by atoms with van der Waals surface area (Å²) in [5.74, 6) is -2.48. The van der Waals surface area contributed by atoms with E-state index in [0.717, 1.165) is 7.11 Å². The Bertz CT molecular complexity index is 389. The van der Waals surface area contributed by atoms with Crippen molar-refractivity contribution in [2.75, 3.05) is 7.11 Å². The summed E-state index contributed by atoms with van der Waals surface area (Å²) in [5, 5.41) is 0. The van der Waals surface area contributed by atoms with Gasteiger partial charge in [0, 0.05) is 6.07 Å². The van der Waals surface area contributed by atoms with Gasteiger partial charge in [-0.25, -0.2) is 13.8 Å². The van der Waals surface area contributed by atoms with Crippen LogP contribution in [0.4, 0.5) is 26.3 Å². The van der Waals surface area contributed by atoms with Gasteiger partial charge in [0.15, 0.2) is 0 Å². The van der Waals surface area contributed by atoms with Gasteiger partial charge < -0.3 is 4.74 Å². The van der Waals surface area contributed by atoms with Gasteiger partial charge in [0.25, 0.3) is 6.43 Å². The first kappa shape index (κ1) is 12.6. The fourth-order valence-corrected chi connectivity index (χ4v) is 1.11. The molecule has 1 rings (SSSR count). The van der Waals surface area contributed by atoms with Crippen LogP contribution in [0.2, 0.25) is 0 Å². The molecule has 0 spiro atoms. The number of methoxy groups -OCH3 is 1. The van der Waals surface area contributed by atoms with Crippen LogP contribution in [0.25, 0.3) is 0 Å². The summed E-state index contributed by atoms with van der Waals surface area (Å²) in [5.41, 5.74) is -3.43. The van der Waals surface area contributed by atoms with Crippen LogP contribution in [0.1, 0.15) is 17.7 Å². The highest BCUT2D eigenvalue weighted by atomic mass is 19.4. The number of halogens is 6. The number of aromatic nitrogens is 1. The molecular weight excluding hydrogens is 240 g/mol. The zero-order valence-electron chi connectivity index (χ0n) is 7.78. The molecule has 16 heavy (non-hydrogen) atoms. The molecule has 0 fully saturated rings. The Balaban J connectivity index is 3.52. The molecule has 0 aliphatic heterocycles. The highest BCUT2D eigenvalue weighted by Gasteiger charge is 2.40. The maximum atomic E-state index is 12.7. The third-order valence-electron chi connectivity index (χ3n) is 1.69. The normalized spacial score (nSPS) is 12.0. The molecular formula is C8H5F6NO. The standard InChI is InChI=1S/C8H5F6NO/c1-16-3-2-4(9)15-6(7(10)11)5(3)8(12,13)14/h2,7H,1H3. The summed E-state index contributed by atoms with van der Waals surface area (Å²) in [7, 11) is 0.819. The van der Waals surface area contributed by atoms with Crippen molar-refractivity contribution < 1.29 is 31.1 Å². The minimum absolute atomic E-state index is 0.300. The molecule has 1 aromatic rings. The van der Waals surface area contributed by atoms with Crippen LogP contribution in [0.5, 0.6) is 5.75 Å². The van der Waals surface area contributed by atoms with Gasteiger partial charge >= 0.3 is 6.18 Å². The highest BCUT2D eigenvalue weighted by Crippen LogP contribution is 2.41. The molecule has 0 amide bonds. The van der Waals surface area contributed by atoms with E-state index in [-0.39, 0.29) is 0 Å². The quantitative estimate of drug-likeness (QED) is 0.589. The molecule has 0 saturated heterocycles. The Morgan fingerprint density at radius 2 is 1.88 bits per heavy atom. The van der Waals surface area contributed by atoms with E-state index < -0.39 is 35.6 Å². The first-order valence-electron chi connectivity index (χ1n) is 3.87. The van der Waals surface area contributed by atoms with E-state index in [0.29, 0.717) is 6.07 Å². The Hall–Kier alpha value is -1.47. The van der Waals surface area contributed by atoms with Crippen LogP contribution < -0.4 is 4.74 Å². The smallest absolute Gasteiger partial charge is 0.421 e. The van der Waals surface area contributed by atoms with Crippen molar-refractivity contribution in [3.05, 3.63) is 23.3 Å². The predicted molar refractivity (Wildman–Crippen MR) is 40.7 cm³/mol. The third-order valence-corrected chi connectivity index (χ3v) is 1.69. The average molecular weight is 245 g/mol. The number of rotatable bonds is 2. The summed E-state index contributed by atoms with van der Waals surface area (Å²) in [4.78, 5) is 2.53. The number of nitrogens with zero attached hydrogens (tertiary/aromatic N) is 1. The Morgan fingerprint density at radius 1 is 1.31 bits per heavy atom. The topological polar surface area (TPSA) is 22.1 Å². The molecule has 0 aromatic carbocycles. The van der Waals surface area contributed by atoms with E-state index in [4.69, 9.17) is 0 Å². The van der Waals surface area contributed by atoms with E-state index in [2.05, 4.69) is 9.72 Å². The number of alkyl halides is 5. The van der Waals surface area contributed by atoms with Crippen molar-refractivity contribution >= 4 is 0 Å². The monoisotopic (exact) mass is 245 g/mol. The van der Waals surface area contributed by atoms with Crippen LogP contribution in [0.15, 0.2) is 6.07 Å². The molecule has 0 aliphatic rings. The van der Waals surface area contributed by atoms with Crippen molar-refractivity contribution in [3.63, 3.8) is 0 Å². The zero-order valence-corrected chi connectivity index (χ0v) is 7.78. The molecule has 0 saturated carbocycles. The Labute approximate surface area is 85.9 Å². The Morgan fingerprint density at radius 3 is 2.25 bits per heavy atom. The first-order valence-corrected chi connectivity index (χ1v) is 3.87. The van der Waals surface area contributed by atoms with Crippen molar-refractivity contribution in [2.45, 2.75) is 12.6 Å². The number of hydrogen-bond acceptors (Lipinski definition) is 2. The largest absolute Gasteiger partial charge is 0.496 e. The van der Waals surface area contributed by atoms with E-state index in [9.17, 15) is 26.3 Å². The van der Waals surface area contributed by atoms with E-state index in [1.807, 2.05) is 0 Å². The van der Waals surface area contributed by atoms with Gasteiger partial charge in [-0.05, 0) is 0 Å². The number of pyridine rings is 1. The molecule has 0 aliphatic carbocycles. The van der Waals surface area contributed by atoms with Gasteiger partial charge in [0.05, 0.1) is 7.11 Å². The van der Waals surface area contributed by atoms with Gasteiger partial charge in [-0.15, -0.1) is 0 Å². The summed E-state index contributed by atoms with van der Waals surface area (Å²) >= 11 is 0. The van der Waals surface area contributed by atoms with Crippen molar-refractivity contribution in [3.8, 4) is 5.75 Å². The molecule has 0 atom stereocenters. The van der Waals surface area contributed by atoms with E-state index in [1.54, 1.807) is 0 Å². The summed E-state index contributed by atoms with van der Waals surface area (Å²) in [6.45, 7) is 0. The Kier molecular flexibility index (Phi) is 3.30. The van der Waals surface area contributed by atoms with Crippen molar-refractivity contribution in [1.29, 1.82) is 0 Å². The maximum Gasteiger partial charge on any atom is 0.421 e. The number of hydrogen-bond donors (Lipinski definition) is 0. The minimum Gasteiger partial charge on any atom is -0.496 e. The van der Waals surface area contributed by atoms with Crippen molar-refractivity contribution in [1.82, 2.24) is 4.98 Å². The van der Waals surface area contributed by atoms with E-state index in [1.165, 1.54) is 0 Å². The average Bonchev–Trinajstić information content (AvgIpc) is 2.14. The van der Waals surface area contributed by atoms with Gasteiger partial charge in [-0.2, -0.15) is 17.6 Å². The third kappa shape index (κ3) is 2.37. The fraction of sp³-hybridized carbons (Fsp3) is 0.375. The lowest BCUT2D eigenvalue weighted by Crippen LogP contribution is -2.14. The zero-order chi connectivity index (χ0) is 12.5. The van der Waals surface area contributed by atoms with Crippen LogP contribution in [0.3, 0.4) is 0 Å². The van der Waals surface area contributed by atoms with Crippen LogP contribution >= 0.6 is 0 Å². The predicted octanol–water partition coefficient (Wildman–Crippen LogP) is 3.19. The molecule has 1 heterocycles. The summed E-state index contributed by atoms with van der Waals surface area (Å²) in [6.07, 6.45) is -8.63. The molecule has 0 N–H and O–H groups in total. The molecule has 2 nitrogen and oxygen atoms in total. The SMILES string of the molecule is COc1cc(F)nc(C(F)F)c1C(F)(F)F. The summed E-state index contributed by atoms with van der Waals surface area (Å²) < 4.78 is 78.6. The molecule has 1 aromatic heterocycles. The maximum absolute atomic E-state index is 12.7. The summed E-state index contributed by atoms with van der Waals surface area (Å²) in [6, 6.07) is 0.300. The van der Waals surface area contributed by atoms with Gasteiger partial charge in [-0.1, -0.05) is 0 Å². The number of ether oxygens (including phenoxy) is 1. The lowest BCUT2D eigenvalue weighted by Gasteiger charge is -2.15. The second kappa shape index (κ2) is 4.18. The van der Waals surface area contributed by atoms with E-state index >= 15 is 0 Å². The molecule has 90 valence electrons. The van der Waals surface area contributed by atoms with Crippen LogP contribution in [-0.4, -0.2) is 12.1 Å². The fourth-order valence-electron chi connectivity index (χ4n) is 1.11. The second-order valence-electron chi connectivity index (χ2n) is 2.71. The minimum atomic E-state index is -5.09. The van der Waals surface area contributed by atoms with Gasteiger partial charge in [0.1, 0.15) is 17.0 Å². The lowest BCUT2D eigenvalue weighted by atomic mass is 10.1. The molecule has 8 heteroatoms. The van der Waals surface area contributed by atoms with Crippen LogP contribution in [-0.2, 0) is 6.18 Å². The molecule has 0 unspecified atom stereocenters. The van der Waals surface area contributed by atoms with Gasteiger partial charge in [-0.3, -0.25) is 0 Å².